The van der Waals surface area contributed by atoms with Crippen molar-refractivity contribution in [2.24, 2.45) is 5.92 Å². The summed E-state index contributed by atoms with van der Waals surface area (Å²) in [4.78, 5) is 12.5. The molecule has 0 radical (unpaired) electrons. The fourth-order valence-corrected chi connectivity index (χ4v) is 2.35. The molecular formula is C14H22N2O3S. The number of aliphatic hydroxyl groups is 1. The van der Waals surface area contributed by atoms with Gasteiger partial charge >= 0.3 is 6.03 Å². The Labute approximate surface area is 122 Å². The van der Waals surface area contributed by atoms with Gasteiger partial charge in [0.05, 0.1) is 12.6 Å². The Bertz CT molecular complexity index is 460. The highest BCUT2D eigenvalue weighted by atomic mass is 32.2. The van der Waals surface area contributed by atoms with Crippen LogP contribution in [0.2, 0.25) is 0 Å². The van der Waals surface area contributed by atoms with Gasteiger partial charge in [0.25, 0.3) is 0 Å². The van der Waals surface area contributed by atoms with Crippen LogP contribution < -0.4 is 10.6 Å². The largest absolute Gasteiger partial charge is 0.394 e. The van der Waals surface area contributed by atoms with Crippen molar-refractivity contribution < 1.29 is 14.1 Å². The van der Waals surface area contributed by atoms with Gasteiger partial charge in [-0.2, -0.15) is 0 Å². The van der Waals surface area contributed by atoms with Gasteiger partial charge in [-0.25, -0.2) is 4.79 Å². The second-order valence-electron chi connectivity index (χ2n) is 5.09. The molecule has 0 aliphatic heterocycles. The normalized spacial score (nSPS) is 13.8. The van der Waals surface area contributed by atoms with E-state index in [4.69, 9.17) is 0 Å². The van der Waals surface area contributed by atoms with E-state index in [1.807, 2.05) is 13.8 Å². The minimum Gasteiger partial charge on any atom is -0.394 e. The number of hydrogen-bond donors (Lipinski definition) is 3. The molecule has 0 heterocycles. The lowest BCUT2D eigenvalue weighted by Gasteiger charge is -2.18. The lowest BCUT2D eigenvalue weighted by Crippen LogP contribution is -2.40. The summed E-state index contributed by atoms with van der Waals surface area (Å²) in [6, 6.07) is 6.22. The summed E-state index contributed by atoms with van der Waals surface area (Å²) >= 11 is 0. The molecule has 2 atom stereocenters. The first-order valence-electron chi connectivity index (χ1n) is 6.54. The quantitative estimate of drug-likeness (QED) is 0.751. The minimum absolute atomic E-state index is 0.0840. The summed E-state index contributed by atoms with van der Waals surface area (Å²) < 4.78 is 11.2. The Hall–Kier alpha value is -1.40. The third-order valence-corrected chi connectivity index (χ3v) is 3.69. The lowest BCUT2D eigenvalue weighted by molar-refractivity contribution is 0.214. The van der Waals surface area contributed by atoms with Crippen LogP contribution in [0.3, 0.4) is 0 Å². The first-order valence-corrected chi connectivity index (χ1v) is 8.10. The Morgan fingerprint density at radius 2 is 1.90 bits per heavy atom. The molecule has 0 aromatic heterocycles. The van der Waals surface area contributed by atoms with Crippen LogP contribution >= 0.6 is 0 Å². The first-order chi connectivity index (χ1) is 9.42. The van der Waals surface area contributed by atoms with Crippen LogP contribution in [0.5, 0.6) is 0 Å². The molecule has 6 heteroatoms. The van der Waals surface area contributed by atoms with E-state index in [0.29, 0.717) is 16.5 Å². The number of aliphatic hydroxyl groups excluding tert-OH is 1. The van der Waals surface area contributed by atoms with Gasteiger partial charge in [0, 0.05) is 27.6 Å². The van der Waals surface area contributed by atoms with Gasteiger partial charge in [0.15, 0.2) is 0 Å². The van der Waals surface area contributed by atoms with Crippen LogP contribution in [0.1, 0.15) is 20.3 Å². The van der Waals surface area contributed by atoms with Crippen molar-refractivity contribution in [3.8, 4) is 0 Å². The molecule has 2 amide bonds. The summed E-state index contributed by atoms with van der Waals surface area (Å²) in [5, 5.41) is 14.6. The number of urea groups is 1. The van der Waals surface area contributed by atoms with Gasteiger partial charge in [-0.1, -0.05) is 13.8 Å². The molecule has 5 nitrogen and oxygen atoms in total. The highest BCUT2D eigenvalue weighted by Crippen LogP contribution is 2.12. The molecule has 0 fully saturated rings. The van der Waals surface area contributed by atoms with Gasteiger partial charge in [-0.3, -0.25) is 4.21 Å². The van der Waals surface area contributed by atoms with Crippen molar-refractivity contribution in [1.29, 1.82) is 0 Å². The third kappa shape index (κ3) is 5.71. The molecule has 1 rings (SSSR count). The molecule has 1 aromatic carbocycles. The summed E-state index contributed by atoms with van der Waals surface area (Å²) in [6.45, 7) is 3.98. The number of amides is 2. The number of carbonyl (C=O) groups excluding carboxylic acids is 1. The molecule has 112 valence electrons. The topological polar surface area (TPSA) is 78.4 Å². The summed E-state index contributed by atoms with van der Waals surface area (Å²) in [7, 11) is -1.03. The lowest BCUT2D eigenvalue weighted by atomic mass is 10.0. The monoisotopic (exact) mass is 298 g/mol. The standard InChI is InChI=1S/C14H22N2O3S/c1-10(2)8-12(9-17)16-14(18)15-11-4-6-13(7-5-11)20(3)19/h4-7,10,12,17H,8-9H2,1-3H3,(H2,15,16,18). The Morgan fingerprint density at radius 3 is 2.35 bits per heavy atom. The fourth-order valence-electron chi connectivity index (χ4n) is 1.83. The number of rotatable bonds is 6. The van der Waals surface area contributed by atoms with Crippen molar-refractivity contribution in [2.45, 2.75) is 31.2 Å². The molecular weight excluding hydrogens is 276 g/mol. The summed E-state index contributed by atoms with van der Waals surface area (Å²) in [5.41, 5.74) is 0.623. The van der Waals surface area contributed by atoms with Gasteiger partial charge < -0.3 is 15.7 Å². The number of nitrogens with one attached hydrogen (secondary N) is 2. The van der Waals surface area contributed by atoms with Crippen LogP contribution in [0.15, 0.2) is 29.2 Å². The van der Waals surface area contributed by atoms with Crippen LogP contribution in [0.25, 0.3) is 0 Å². The van der Waals surface area contributed by atoms with E-state index < -0.39 is 10.8 Å². The Kier molecular flexibility index (Phi) is 6.67. The van der Waals surface area contributed by atoms with E-state index in [9.17, 15) is 14.1 Å². The average Bonchev–Trinajstić information content (AvgIpc) is 2.37. The molecule has 20 heavy (non-hydrogen) atoms. The SMILES string of the molecule is CC(C)CC(CO)NC(=O)Nc1ccc(S(C)=O)cc1. The van der Waals surface area contributed by atoms with Crippen molar-refractivity contribution >= 4 is 22.5 Å². The van der Waals surface area contributed by atoms with E-state index >= 15 is 0 Å². The number of hydrogen-bond acceptors (Lipinski definition) is 3. The molecule has 0 aliphatic carbocycles. The number of anilines is 1. The van der Waals surface area contributed by atoms with Gasteiger partial charge in [-0.05, 0) is 36.6 Å². The van der Waals surface area contributed by atoms with Crippen LogP contribution in [-0.4, -0.2) is 34.3 Å². The third-order valence-electron chi connectivity index (χ3n) is 2.76. The maximum Gasteiger partial charge on any atom is 0.319 e. The number of benzene rings is 1. The molecule has 0 spiro atoms. The van der Waals surface area contributed by atoms with Crippen LogP contribution in [0.4, 0.5) is 10.5 Å². The predicted octanol–water partition coefficient (Wildman–Crippen LogP) is 1.95. The molecule has 0 aliphatic rings. The second kappa shape index (κ2) is 8.01. The van der Waals surface area contributed by atoms with E-state index in [1.54, 1.807) is 30.5 Å². The zero-order valence-electron chi connectivity index (χ0n) is 12.1. The van der Waals surface area contributed by atoms with Crippen molar-refractivity contribution in [3.05, 3.63) is 24.3 Å². The maximum atomic E-state index is 11.8. The van der Waals surface area contributed by atoms with Crippen molar-refractivity contribution in [1.82, 2.24) is 5.32 Å². The zero-order valence-corrected chi connectivity index (χ0v) is 12.9. The zero-order chi connectivity index (χ0) is 15.1. The van der Waals surface area contributed by atoms with Crippen LogP contribution in [-0.2, 0) is 10.8 Å². The highest BCUT2D eigenvalue weighted by Gasteiger charge is 2.13. The van der Waals surface area contributed by atoms with Crippen molar-refractivity contribution in [2.75, 3.05) is 18.2 Å². The molecule has 1 aromatic rings. The van der Waals surface area contributed by atoms with Gasteiger partial charge in [-0.15, -0.1) is 0 Å². The first kappa shape index (κ1) is 16.7. The molecule has 0 bridgehead atoms. The average molecular weight is 298 g/mol. The molecule has 0 saturated carbocycles. The van der Waals surface area contributed by atoms with Gasteiger partial charge in [0.2, 0.25) is 0 Å². The van der Waals surface area contributed by atoms with Crippen LogP contribution in [0, 0.1) is 5.92 Å². The molecule has 0 saturated heterocycles. The summed E-state index contributed by atoms with van der Waals surface area (Å²) in [6.07, 6.45) is 2.32. The highest BCUT2D eigenvalue weighted by molar-refractivity contribution is 7.84. The summed E-state index contributed by atoms with van der Waals surface area (Å²) in [5.74, 6) is 0.395. The fraction of sp³-hybridized carbons (Fsp3) is 0.500. The van der Waals surface area contributed by atoms with E-state index in [1.165, 1.54) is 0 Å². The van der Waals surface area contributed by atoms with E-state index in [-0.39, 0.29) is 18.7 Å². The Balaban J connectivity index is 2.55. The van der Waals surface area contributed by atoms with Crippen molar-refractivity contribution in [3.63, 3.8) is 0 Å². The number of carbonyl (C=O) groups is 1. The maximum absolute atomic E-state index is 11.8. The predicted molar refractivity (Wildman–Crippen MR) is 81.3 cm³/mol. The molecule has 2 unspecified atom stereocenters. The smallest absolute Gasteiger partial charge is 0.319 e. The van der Waals surface area contributed by atoms with E-state index in [2.05, 4.69) is 10.6 Å². The second-order valence-corrected chi connectivity index (χ2v) is 6.47. The van der Waals surface area contributed by atoms with Gasteiger partial charge in [0.1, 0.15) is 0 Å². The Morgan fingerprint density at radius 1 is 1.30 bits per heavy atom. The molecule has 3 N–H and O–H groups in total. The minimum atomic E-state index is -1.03. The van der Waals surface area contributed by atoms with E-state index in [0.717, 1.165) is 6.42 Å².